The van der Waals surface area contributed by atoms with Gasteiger partial charge >= 0.3 is 5.97 Å². The lowest BCUT2D eigenvalue weighted by molar-refractivity contribution is 0.0531. The maximum Gasteiger partial charge on any atom is 0.348 e. The first-order chi connectivity index (χ1) is 12.6. The van der Waals surface area contributed by atoms with Crippen molar-refractivity contribution in [3.8, 4) is 0 Å². The predicted octanol–water partition coefficient (Wildman–Crippen LogP) is 8.74. The topological polar surface area (TPSA) is 26.3 Å². The van der Waals surface area contributed by atoms with Crippen LogP contribution in [-0.4, -0.2) is 12.6 Å². The van der Waals surface area contributed by atoms with E-state index in [0.29, 0.717) is 6.61 Å². The highest BCUT2D eigenvalue weighted by molar-refractivity contribution is 9.13. The molecule has 0 spiro atoms. The quantitative estimate of drug-likeness (QED) is 0.205. The van der Waals surface area contributed by atoms with Crippen LogP contribution in [0.4, 0.5) is 0 Å². The normalized spacial score (nSPS) is 11.4. The SMILES string of the molecule is CCCCCCCCCCCc1c(C(=O)OCC)sc2c(Br)c(Br)sc12. The van der Waals surface area contributed by atoms with Crippen molar-refractivity contribution in [1.29, 1.82) is 0 Å². The van der Waals surface area contributed by atoms with Crippen molar-refractivity contribution >= 4 is 69.9 Å². The Bertz CT molecular complexity index is 706. The molecule has 0 aromatic carbocycles. The van der Waals surface area contributed by atoms with Crippen molar-refractivity contribution in [1.82, 2.24) is 0 Å². The number of fused-ring (bicyclic) bond motifs is 1. The Morgan fingerprint density at radius 3 is 2.12 bits per heavy atom. The third-order valence-corrected chi connectivity index (χ3v) is 9.64. The molecular weight excluding hydrogens is 496 g/mol. The molecule has 2 heterocycles. The molecule has 2 nitrogen and oxygen atoms in total. The number of rotatable bonds is 12. The van der Waals surface area contributed by atoms with Crippen molar-refractivity contribution in [3.05, 3.63) is 18.7 Å². The fourth-order valence-corrected chi connectivity index (χ4v) is 7.11. The number of hydrogen-bond acceptors (Lipinski definition) is 4. The fourth-order valence-electron chi connectivity index (χ4n) is 3.13. The molecule has 0 N–H and O–H groups in total. The Morgan fingerprint density at radius 2 is 1.50 bits per heavy atom. The maximum absolute atomic E-state index is 12.4. The zero-order valence-corrected chi connectivity index (χ0v) is 20.5. The molecule has 0 atom stereocenters. The Morgan fingerprint density at radius 1 is 0.885 bits per heavy atom. The summed E-state index contributed by atoms with van der Waals surface area (Å²) >= 11 is 10.5. The van der Waals surface area contributed by atoms with Gasteiger partial charge in [-0.2, -0.15) is 0 Å². The van der Waals surface area contributed by atoms with Gasteiger partial charge in [0.05, 0.1) is 24.3 Å². The van der Waals surface area contributed by atoms with E-state index in [1.54, 1.807) is 22.7 Å². The van der Waals surface area contributed by atoms with Crippen LogP contribution >= 0.6 is 54.5 Å². The summed E-state index contributed by atoms with van der Waals surface area (Å²) in [6.07, 6.45) is 12.8. The standard InChI is InChI=1S/C20H28Br2O2S2/c1-3-5-6-7-8-9-10-11-12-13-14-16-18(15(21)19(22)26-16)25-17(14)20(23)24-4-2/h3-13H2,1-2H3. The second-order valence-corrected chi connectivity index (χ2v) is 10.7. The number of unbranched alkanes of at least 4 members (excludes halogenated alkanes) is 8. The zero-order valence-electron chi connectivity index (χ0n) is 15.7. The highest BCUT2D eigenvalue weighted by Gasteiger charge is 2.23. The van der Waals surface area contributed by atoms with Crippen LogP contribution in [0.5, 0.6) is 0 Å². The summed E-state index contributed by atoms with van der Waals surface area (Å²) < 4.78 is 9.83. The van der Waals surface area contributed by atoms with Crippen molar-refractivity contribution in [2.24, 2.45) is 0 Å². The van der Waals surface area contributed by atoms with Gasteiger partial charge in [-0.3, -0.25) is 0 Å². The lowest BCUT2D eigenvalue weighted by Gasteiger charge is -2.05. The summed E-state index contributed by atoms with van der Waals surface area (Å²) in [6, 6.07) is 0. The average molecular weight is 524 g/mol. The van der Waals surface area contributed by atoms with Gasteiger partial charge in [-0.15, -0.1) is 22.7 Å². The van der Waals surface area contributed by atoms with E-state index in [0.717, 1.165) is 30.7 Å². The van der Waals surface area contributed by atoms with E-state index in [1.807, 2.05) is 6.92 Å². The van der Waals surface area contributed by atoms with Crippen molar-refractivity contribution in [3.63, 3.8) is 0 Å². The molecule has 0 bridgehead atoms. The minimum atomic E-state index is -0.171. The number of ether oxygens (including phenoxy) is 1. The van der Waals surface area contributed by atoms with Gasteiger partial charge < -0.3 is 4.74 Å². The molecule has 2 aromatic rings. The second-order valence-electron chi connectivity index (χ2n) is 6.56. The van der Waals surface area contributed by atoms with Crippen molar-refractivity contribution in [2.45, 2.75) is 78.1 Å². The molecule has 26 heavy (non-hydrogen) atoms. The molecule has 0 aliphatic carbocycles. The smallest absolute Gasteiger partial charge is 0.348 e. The summed E-state index contributed by atoms with van der Waals surface area (Å²) in [5.41, 5.74) is 1.18. The third kappa shape index (κ3) is 6.05. The highest BCUT2D eigenvalue weighted by atomic mass is 79.9. The summed E-state index contributed by atoms with van der Waals surface area (Å²) in [6.45, 7) is 4.55. The molecule has 0 radical (unpaired) electrons. The molecule has 0 aliphatic rings. The molecule has 0 aliphatic heterocycles. The lowest BCUT2D eigenvalue weighted by Crippen LogP contribution is -2.05. The van der Waals surface area contributed by atoms with E-state index in [2.05, 4.69) is 38.8 Å². The number of hydrogen-bond donors (Lipinski definition) is 0. The number of carbonyl (C=O) groups is 1. The number of halogens is 2. The molecule has 0 unspecified atom stereocenters. The molecule has 2 rings (SSSR count). The number of thiophene rings is 2. The van der Waals surface area contributed by atoms with Crippen LogP contribution in [0.25, 0.3) is 9.40 Å². The summed E-state index contributed by atoms with van der Waals surface area (Å²) in [5, 5.41) is 0. The third-order valence-electron chi connectivity index (χ3n) is 4.51. The predicted molar refractivity (Wildman–Crippen MR) is 122 cm³/mol. The number of aryl methyl sites for hydroxylation is 1. The van der Waals surface area contributed by atoms with Gasteiger partial charge in [0.1, 0.15) is 4.88 Å². The van der Waals surface area contributed by atoms with E-state index in [9.17, 15) is 4.79 Å². The van der Waals surface area contributed by atoms with Crippen LogP contribution in [0, 0.1) is 0 Å². The Balaban J connectivity index is 1.91. The Kier molecular flexibility index (Phi) is 10.2. The molecule has 0 saturated carbocycles. The molecule has 2 aromatic heterocycles. The van der Waals surface area contributed by atoms with Crippen molar-refractivity contribution < 1.29 is 9.53 Å². The minimum absolute atomic E-state index is 0.171. The first-order valence-electron chi connectivity index (χ1n) is 9.66. The second kappa shape index (κ2) is 11.8. The van der Waals surface area contributed by atoms with Crippen molar-refractivity contribution in [2.75, 3.05) is 6.61 Å². The molecule has 0 amide bonds. The molecular formula is C20H28Br2O2S2. The zero-order chi connectivity index (χ0) is 18.9. The molecule has 6 heteroatoms. The monoisotopic (exact) mass is 522 g/mol. The van der Waals surface area contributed by atoms with E-state index in [1.165, 1.54) is 61.6 Å². The van der Waals surface area contributed by atoms with Gasteiger partial charge in [0, 0.05) is 0 Å². The Hall–Kier alpha value is 0.0900. The van der Waals surface area contributed by atoms with Gasteiger partial charge in [0.25, 0.3) is 0 Å². The van der Waals surface area contributed by atoms with Gasteiger partial charge in [-0.25, -0.2) is 4.79 Å². The molecule has 146 valence electrons. The van der Waals surface area contributed by atoms with Gasteiger partial charge in [0.15, 0.2) is 0 Å². The molecule has 0 saturated heterocycles. The van der Waals surface area contributed by atoms with Gasteiger partial charge in [-0.05, 0) is 57.2 Å². The van der Waals surface area contributed by atoms with Crippen LogP contribution in [0.2, 0.25) is 0 Å². The van der Waals surface area contributed by atoms with Crippen LogP contribution in [0.3, 0.4) is 0 Å². The maximum atomic E-state index is 12.4. The van der Waals surface area contributed by atoms with E-state index in [-0.39, 0.29) is 5.97 Å². The summed E-state index contributed by atoms with van der Waals surface area (Å²) in [5.74, 6) is -0.171. The average Bonchev–Trinajstić information content (AvgIpc) is 3.11. The van der Waals surface area contributed by atoms with Crippen LogP contribution in [0.1, 0.15) is 86.9 Å². The van der Waals surface area contributed by atoms with Crippen LogP contribution in [0.15, 0.2) is 8.26 Å². The van der Waals surface area contributed by atoms with Crippen LogP contribution < -0.4 is 0 Å². The molecule has 0 fully saturated rings. The highest BCUT2D eigenvalue weighted by Crippen LogP contribution is 2.47. The first-order valence-corrected chi connectivity index (χ1v) is 12.9. The minimum Gasteiger partial charge on any atom is -0.462 e. The number of esters is 1. The van der Waals surface area contributed by atoms with E-state index >= 15 is 0 Å². The van der Waals surface area contributed by atoms with Gasteiger partial charge in [0.2, 0.25) is 0 Å². The fraction of sp³-hybridized carbons (Fsp3) is 0.650. The Labute approximate surface area is 182 Å². The summed E-state index contributed by atoms with van der Waals surface area (Å²) in [4.78, 5) is 13.1. The van der Waals surface area contributed by atoms with E-state index in [4.69, 9.17) is 4.74 Å². The summed E-state index contributed by atoms with van der Waals surface area (Å²) in [7, 11) is 0. The van der Waals surface area contributed by atoms with Crippen LogP contribution in [-0.2, 0) is 11.2 Å². The van der Waals surface area contributed by atoms with Gasteiger partial charge in [-0.1, -0.05) is 58.3 Å². The van der Waals surface area contributed by atoms with E-state index < -0.39 is 0 Å². The largest absolute Gasteiger partial charge is 0.462 e. The lowest BCUT2D eigenvalue weighted by atomic mass is 10.0. The number of carbonyl (C=O) groups excluding carboxylic acids is 1. The first kappa shape index (κ1) is 22.4.